The molecule has 0 atom stereocenters. The van der Waals surface area contributed by atoms with E-state index in [1.807, 2.05) is 30.5 Å². The van der Waals surface area contributed by atoms with Gasteiger partial charge in [-0.1, -0.05) is 31.8 Å². The Morgan fingerprint density at radius 2 is 1.82 bits per heavy atom. The molecule has 0 aliphatic rings. The third-order valence-electron chi connectivity index (χ3n) is 2.61. The molecular weight excluding hydrogens is 402 g/mol. The van der Waals surface area contributed by atoms with E-state index in [4.69, 9.17) is 0 Å². The van der Waals surface area contributed by atoms with Crippen LogP contribution in [0.25, 0.3) is 11.3 Å². The number of benzene rings is 1. The standard InChI is InChI=1S/C14H16NSi.Ir/c1-16(2,3)13-9-10-14(15-11-13)12-7-5-4-6-8-12;/h4-7,9-11H,1-3H3;/q-1;. The van der Waals surface area contributed by atoms with Crippen LogP contribution in [-0.4, -0.2) is 13.1 Å². The molecule has 1 nitrogen and oxygen atoms in total. The average Bonchev–Trinajstić information content (AvgIpc) is 2.29. The monoisotopic (exact) mass is 419 g/mol. The summed E-state index contributed by atoms with van der Waals surface area (Å²) in [7, 11) is -1.23. The van der Waals surface area contributed by atoms with Crippen LogP contribution in [0.1, 0.15) is 0 Å². The molecule has 0 saturated heterocycles. The Balaban J connectivity index is 0.00000144. The van der Waals surface area contributed by atoms with Crippen molar-refractivity contribution in [3.63, 3.8) is 0 Å². The van der Waals surface area contributed by atoms with Gasteiger partial charge < -0.3 is 4.98 Å². The van der Waals surface area contributed by atoms with E-state index in [-0.39, 0.29) is 20.1 Å². The second-order valence-electron chi connectivity index (χ2n) is 4.96. The summed E-state index contributed by atoms with van der Waals surface area (Å²) in [6.45, 7) is 7.00. The van der Waals surface area contributed by atoms with Crippen molar-refractivity contribution >= 4 is 13.3 Å². The van der Waals surface area contributed by atoms with Crippen LogP contribution in [0, 0.1) is 6.07 Å². The molecule has 91 valence electrons. The summed E-state index contributed by atoms with van der Waals surface area (Å²) in [6.07, 6.45) is 2.02. The topological polar surface area (TPSA) is 12.9 Å². The number of pyridine rings is 1. The predicted octanol–water partition coefficient (Wildman–Crippen LogP) is 3.09. The maximum Gasteiger partial charge on any atom is 0.0795 e. The molecule has 0 bridgehead atoms. The maximum absolute atomic E-state index is 4.52. The number of rotatable bonds is 2. The first kappa shape index (κ1) is 14.3. The quantitative estimate of drug-likeness (QED) is 0.540. The molecule has 3 heteroatoms. The number of nitrogens with zero attached hydrogens (tertiary/aromatic N) is 1. The SMILES string of the molecule is C[Si](C)(C)c1ccc(-c2[c-]cccc2)nc1.[Ir]. The van der Waals surface area contributed by atoms with Gasteiger partial charge in [0.1, 0.15) is 0 Å². The molecule has 1 heterocycles. The van der Waals surface area contributed by atoms with Crippen molar-refractivity contribution in [2.24, 2.45) is 0 Å². The predicted molar refractivity (Wildman–Crippen MR) is 71.5 cm³/mol. The zero-order valence-electron chi connectivity index (χ0n) is 10.3. The fourth-order valence-corrected chi connectivity index (χ4v) is 2.58. The minimum absolute atomic E-state index is 0. The number of hydrogen-bond acceptors (Lipinski definition) is 1. The van der Waals surface area contributed by atoms with Gasteiger partial charge in [-0.25, -0.2) is 0 Å². The smallest absolute Gasteiger partial charge is 0.0795 e. The fraction of sp³-hybridized carbons (Fsp3) is 0.214. The van der Waals surface area contributed by atoms with Crippen LogP contribution in [0.4, 0.5) is 0 Å². The minimum atomic E-state index is -1.23. The molecular formula is C14H16IrNSi-. The summed E-state index contributed by atoms with van der Waals surface area (Å²) in [6, 6.07) is 15.4. The van der Waals surface area contributed by atoms with Crippen molar-refractivity contribution in [3.8, 4) is 11.3 Å². The first-order valence-electron chi connectivity index (χ1n) is 5.51. The summed E-state index contributed by atoms with van der Waals surface area (Å²) in [4.78, 5) is 4.52. The van der Waals surface area contributed by atoms with Gasteiger partial charge in [-0.2, -0.15) is 0 Å². The van der Waals surface area contributed by atoms with Crippen LogP contribution in [0.2, 0.25) is 19.6 Å². The van der Waals surface area contributed by atoms with E-state index in [1.54, 1.807) is 0 Å². The largest absolute Gasteiger partial charge is 0.305 e. The van der Waals surface area contributed by atoms with Crippen molar-refractivity contribution in [2.75, 3.05) is 0 Å². The Bertz CT molecular complexity index is 460. The van der Waals surface area contributed by atoms with Crippen LogP contribution in [0.5, 0.6) is 0 Å². The van der Waals surface area contributed by atoms with Crippen LogP contribution in [0.15, 0.2) is 42.6 Å². The van der Waals surface area contributed by atoms with Gasteiger partial charge in [0.15, 0.2) is 0 Å². The fourth-order valence-electron chi connectivity index (χ4n) is 1.55. The summed E-state index contributed by atoms with van der Waals surface area (Å²) in [5.41, 5.74) is 2.06. The van der Waals surface area contributed by atoms with Crippen LogP contribution in [-0.2, 0) is 20.1 Å². The molecule has 1 aromatic carbocycles. The van der Waals surface area contributed by atoms with Gasteiger partial charge in [-0.3, -0.25) is 0 Å². The van der Waals surface area contributed by atoms with Crippen LogP contribution >= 0.6 is 0 Å². The van der Waals surface area contributed by atoms with E-state index in [9.17, 15) is 0 Å². The summed E-state index contributed by atoms with van der Waals surface area (Å²) in [5, 5.41) is 1.40. The van der Waals surface area contributed by atoms with E-state index in [1.165, 1.54) is 5.19 Å². The van der Waals surface area contributed by atoms with E-state index < -0.39 is 8.07 Å². The molecule has 0 spiro atoms. The summed E-state index contributed by atoms with van der Waals surface area (Å²) >= 11 is 0. The molecule has 0 N–H and O–H groups in total. The van der Waals surface area contributed by atoms with Gasteiger partial charge in [-0.05, 0) is 10.9 Å². The molecule has 0 amide bonds. The van der Waals surface area contributed by atoms with E-state index in [0.717, 1.165) is 11.3 Å². The van der Waals surface area contributed by atoms with Gasteiger partial charge in [0.2, 0.25) is 0 Å². The van der Waals surface area contributed by atoms with Crippen LogP contribution in [0.3, 0.4) is 0 Å². The van der Waals surface area contributed by atoms with Crippen LogP contribution < -0.4 is 5.19 Å². The Kier molecular flexibility index (Phi) is 4.81. The van der Waals surface area contributed by atoms with Crippen molar-refractivity contribution in [3.05, 3.63) is 48.7 Å². The van der Waals surface area contributed by atoms with Crippen molar-refractivity contribution in [2.45, 2.75) is 19.6 Å². The van der Waals surface area contributed by atoms with E-state index >= 15 is 0 Å². The van der Waals surface area contributed by atoms with E-state index in [0.29, 0.717) is 0 Å². The molecule has 0 fully saturated rings. The number of aromatic nitrogens is 1. The molecule has 2 aromatic rings. The summed E-state index contributed by atoms with van der Waals surface area (Å²) < 4.78 is 0. The van der Waals surface area contributed by atoms with Gasteiger partial charge in [0.25, 0.3) is 0 Å². The maximum atomic E-state index is 4.52. The molecule has 2 rings (SSSR count). The Hall–Kier alpha value is -0.764. The van der Waals surface area contributed by atoms with Crippen molar-refractivity contribution in [1.29, 1.82) is 0 Å². The third-order valence-corrected chi connectivity index (χ3v) is 4.64. The molecule has 0 saturated carbocycles. The van der Waals surface area contributed by atoms with Crippen molar-refractivity contribution in [1.82, 2.24) is 4.98 Å². The van der Waals surface area contributed by atoms with Gasteiger partial charge >= 0.3 is 0 Å². The average molecular weight is 419 g/mol. The molecule has 17 heavy (non-hydrogen) atoms. The zero-order chi connectivity index (χ0) is 11.6. The summed E-state index contributed by atoms with van der Waals surface area (Å²) in [5.74, 6) is 0. The zero-order valence-corrected chi connectivity index (χ0v) is 13.7. The van der Waals surface area contributed by atoms with Gasteiger partial charge in [0, 0.05) is 26.3 Å². The molecule has 0 unspecified atom stereocenters. The third kappa shape index (κ3) is 3.60. The normalized spacial score (nSPS) is 10.8. The molecule has 1 aromatic heterocycles. The molecule has 0 aliphatic heterocycles. The second-order valence-corrected chi connectivity index (χ2v) is 10.0. The van der Waals surface area contributed by atoms with Gasteiger partial charge in [-0.15, -0.1) is 35.9 Å². The first-order valence-corrected chi connectivity index (χ1v) is 9.01. The Labute approximate surface area is 118 Å². The second kappa shape index (κ2) is 5.72. The Morgan fingerprint density at radius 3 is 2.29 bits per heavy atom. The van der Waals surface area contributed by atoms with Gasteiger partial charge in [0.05, 0.1) is 8.07 Å². The first-order chi connectivity index (χ1) is 7.57. The minimum Gasteiger partial charge on any atom is -0.305 e. The molecule has 1 radical (unpaired) electrons. The molecule has 0 aliphatic carbocycles. The van der Waals surface area contributed by atoms with E-state index in [2.05, 4.69) is 42.8 Å². The Morgan fingerprint density at radius 1 is 1.06 bits per heavy atom. The number of hydrogen-bond donors (Lipinski definition) is 0. The van der Waals surface area contributed by atoms with Crippen molar-refractivity contribution < 1.29 is 20.1 Å².